The fourth-order valence-electron chi connectivity index (χ4n) is 2.89. The normalized spacial score (nSPS) is 11.8. The molecule has 1 aromatic heterocycles. The van der Waals surface area contributed by atoms with Crippen LogP contribution in [0.3, 0.4) is 0 Å². The third-order valence-corrected chi connectivity index (χ3v) is 6.20. The summed E-state index contributed by atoms with van der Waals surface area (Å²) in [6.07, 6.45) is 2.43. The van der Waals surface area contributed by atoms with E-state index in [-0.39, 0.29) is 11.4 Å². The Labute approximate surface area is 158 Å². The smallest absolute Gasteiger partial charge is 0.244 e. The summed E-state index contributed by atoms with van der Waals surface area (Å²) < 4.78 is 33.3. The average Bonchev–Trinajstić information content (AvgIpc) is 2.99. The van der Waals surface area contributed by atoms with Crippen LogP contribution in [0.15, 0.2) is 41.4 Å². The summed E-state index contributed by atoms with van der Waals surface area (Å²) in [6, 6.07) is 8.99. The van der Waals surface area contributed by atoms with Crippen molar-refractivity contribution in [2.24, 2.45) is 0 Å². The molecule has 0 spiro atoms. The number of halogens is 1. The minimum absolute atomic E-state index is 0.157. The fraction of sp³-hybridized carbons (Fsp3) is 0.263. The number of H-pyrrole nitrogens is 1. The van der Waals surface area contributed by atoms with E-state index in [0.717, 1.165) is 27.6 Å². The maximum absolute atomic E-state index is 12.7. The number of aryl methyl sites for hydroxylation is 2. The first-order valence-corrected chi connectivity index (χ1v) is 10.1. The second kappa shape index (κ2) is 7.31. The SMILES string of the molecule is COc1cc(C)c(C)cc1S(=O)(=O)NCCc1c[nH]c2ccc(Cl)cc12. The van der Waals surface area contributed by atoms with Crippen LogP contribution in [0.25, 0.3) is 10.9 Å². The van der Waals surface area contributed by atoms with E-state index in [2.05, 4.69) is 9.71 Å². The second-order valence-electron chi connectivity index (χ2n) is 6.24. The van der Waals surface area contributed by atoms with E-state index in [4.69, 9.17) is 16.3 Å². The van der Waals surface area contributed by atoms with E-state index in [9.17, 15) is 8.42 Å². The zero-order valence-electron chi connectivity index (χ0n) is 14.9. The molecular weight excluding hydrogens is 372 g/mol. The summed E-state index contributed by atoms with van der Waals surface area (Å²) in [4.78, 5) is 3.33. The Morgan fingerprint density at radius 2 is 1.88 bits per heavy atom. The largest absolute Gasteiger partial charge is 0.495 e. The van der Waals surface area contributed by atoms with Crippen LogP contribution in [0.2, 0.25) is 5.02 Å². The van der Waals surface area contributed by atoms with Crippen LogP contribution in [-0.4, -0.2) is 27.1 Å². The molecule has 0 saturated heterocycles. The molecule has 1 heterocycles. The van der Waals surface area contributed by atoms with Crippen molar-refractivity contribution in [3.8, 4) is 5.75 Å². The summed E-state index contributed by atoms with van der Waals surface area (Å²) in [5.74, 6) is 0.347. The third kappa shape index (κ3) is 3.72. The van der Waals surface area contributed by atoms with E-state index in [1.54, 1.807) is 12.1 Å². The van der Waals surface area contributed by atoms with Gasteiger partial charge in [0.15, 0.2) is 0 Å². The molecule has 0 bridgehead atoms. The number of sulfonamides is 1. The van der Waals surface area contributed by atoms with Gasteiger partial charge in [-0.3, -0.25) is 0 Å². The van der Waals surface area contributed by atoms with Crippen LogP contribution in [0.5, 0.6) is 5.75 Å². The fourth-order valence-corrected chi connectivity index (χ4v) is 4.33. The predicted molar refractivity (Wildman–Crippen MR) is 105 cm³/mol. The molecule has 138 valence electrons. The van der Waals surface area contributed by atoms with Crippen molar-refractivity contribution in [3.63, 3.8) is 0 Å². The first kappa shape index (κ1) is 18.8. The Morgan fingerprint density at radius 1 is 1.15 bits per heavy atom. The van der Waals surface area contributed by atoms with Gasteiger partial charge in [0.25, 0.3) is 0 Å². The Bertz CT molecular complexity index is 1060. The van der Waals surface area contributed by atoms with Crippen molar-refractivity contribution in [1.82, 2.24) is 9.71 Å². The second-order valence-corrected chi connectivity index (χ2v) is 8.41. The lowest BCUT2D eigenvalue weighted by Crippen LogP contribution is -2.26. The molecule has 0 aliphatic heterocycles. The van der Waals surface area contributed by atoms with Crippen molar-refractivity contribution in [2.75, 3.05) is 13.7 Å². The predicted octanol–water partition coefficient (Wildman–Crippen LogP) is 3.97. The molecule has 26 heavy (non-hydrogen) atoms. The first-order valence-electron chi connectivity index (χ1n) is 8.22. The summed E-state index contributed by atoms with van der Waals surface area (Å²) in [5, 5.41) is 1.65. The van der Waals surface area contributed by atoms with Gasteiger partial charge in [-0.25, -0.2) is 13.1 Å². The highest BCUT2D eigenvalue weighted by Gasteiger charge is 2.20. The van der Waals surface area contributed by atoms with Gasteiger partial charge in [-0.15, -0.1) is 0 Å². The number of benzene rings is 2. The van der Waals surface area contributed by atoms with E-state index in [0.29, 0.717) is 17.2 Å². The highest BCUT2D eigenvalue weighted by molar-refractivity contribution is 7.89. The minimum Gasteiger partial charge on any atom is -0.495 e. The van der Waals surface area contributed by atoms with E-state index < -0.39 is 10.0 Å². The number of ether oxygens (including phenoxy) is 1. The highest BCUT2D eigenvalue weighted by Crippen LogP contribution is 2.27. The summed E-state index contributed by atoms with van der Waals surface area (Å²) in [5.41, 5.74) is 3.87. The molecule has 0 fully saturated rings. The molecule has 0 unspecified atom stereocenters. The number of rotatable bonds is 6. The number of hydrogen-bond donors (Lipinski definition) is 2. The number of aromatic nitrogens is 1. The molecule has 0 aliphatic rings. The van der Waals surface area contributed by atoms with Crippen molar-refractivity contribution in [1.29, 1.82) is 0 Å². The molecule has 5 nitrogen and oxygen atoms in total. The van der Waals surface area contributed by atoms with Gasteiger partial charge in [-0.1, -0.05) is 11.6 Å². The van der Waals surface area contributed by atoms with Gasteiger partial charge in [0, 0.05) is 28.7 Å². The lowest BCUT2D eigenvalue weighted by Gasteiger charge is -2.13. The van der Waals surface area contributed by atoms with Gasteiger partial charge >= 0.3 is 0 Å². The Kier molecular flexibility index (Phi) is 5.27. The third-order valence-electron chi connectivity index (χ3n) is 4.49. The molecule has 7 heteroatoms. The number of fused-ring (bicyclic) bond motifs is 1. The molecule has 2 N–H and O–H groups in total. The average molecular weight is 393 g/mol. The maximum atomic E-state index is 12.7. The quantitative estimate of drug-likeness (QED) is 0.666. The van der Waals surface area contributed by atoms with Crippen LogP contribution in [0, 0.1) is 13.8 Å². The van der Waals surface area contributed by atoms with E-state index >= 15 is 0 Å². The van der Waals surface area contributed by atoms with Crippen LogP contribution in [0.1, 0.15) is 16.7 Å². The van der Waals surface area contributed by atoms with Crippen molar-refractivity contribution >= 4 is 32.5 Å². The number of nitrogens with one attached hydrogen (secondary N) is 2. The Hall–Kier alpha value is -2.02. The van der Waals surface area contributed by atoms with E-state index in [1.807, 2.05) is 38.2 Å². The maximum Gasteiger partial charge on any atom is 0.244 e. The van der Waals surface area contributed by atoms with E-state index in [1.165, 1.54) is 7.11 Å². The molecular formula is C19H21ClN2O3S. The number of methoxy groups -OCH3 is 1. The van der Waals surface area contributed by atoms with Crippen molar-refractivity contribution in [3.05, 3.63) is 58.2 Å². The highest BCUT2D eigenvalue weighted by atomic mass is 35.5. The molecule has 0 amide bonds. The minimum atomic E-state index is -3.67. The van der Waals surface area contributed by atoms with Crippen molar-refractivity contribution < 1.29 is 13.2 Å². The molecule has 0 radical (unpaired) electrons. The van der Waals surface area contributed by atoms with Crippen LogP contribution in [-0.2, 0) is 16.4 Å². The lowest BCUT2D eigenvalue weighted by molar-refractivity contribution is 0.402. The topological polar surface area (TPSA) is 71.2 Å². The summed E-state index contributed by atoms with van der Waals surface area (Å²) in [7, 11) is -2.20. The molecule has 3 aromatic rings. The standard InChI is InChI=1S/C19H21ClN2O3S/c1-12-8-18(25-3)19(9-13(12)2)26(23,24)22-7-6-14-11-21-17-5-4-15(20)10-16(14)17/h4-5,8-11,21-22H,6-7H2,1-3H3. The van der Waals surface area contributed by atoms with Crippen LogP contribution < -0.4 is 9.46 Å². The molecule has 0 aliphatic carbocycles. The monoisotopic (exact) mass is 392 g/mol. The zero-order valence-corrected chi connectivity index (χ0v) is 16.5. The lowest BCUT2D eigenvalue weighted by atomic mass is 10.1. The van der Waals surface area contributed by atoms with Gasteiger partial charge in [-0.2, -0.15) is 0 Å². The Morgan fingerprint density at radius 3 is 2.62 bits per heavy atom. The van der Waals surface area contributed by atoms with Gasteiger partial charge in [0.05, 0.1) is 7.11 Å². The zero-order chi connectivity index (χ0) is 18.9. The van der Waals surface area contributed by atoms with Gasteiger partial charge < -0.3 is 9.72 Å². The molecule has 0 saturated carbocycles. The number of hydrogen-bond acceptors (Lipinski definition) is 3. The van der Waals surface area contributed by atoms with Crippen LogP contribution in [0.4, 0.5) is 0 Å². The van der Waals surface area contributed by atoms with Crippen LogP contribution >= 0.6 is 11.6 Å². The molecule has 3 rings (SSSR count). The molecule has 2 aromatic carbocycles. The first-order chi connectivity index (χ1) is 12.3. The van der Waals surface area contributed by atoms with Crippen molar-refractivity contribution in [2.45, 2.75) is 25.2 Å². The number of aromatic amines is 1. The van der Waals surface area contributed by atoms with Gasteiger partial charge in [0.2, 0.25) is 10.0 Å². The van der Waals surface area contributed by atoms with Gasteiger partial charge in [-0.05, 0) is 67.3 Å². The summed E-state index contributed by atoms with van der Waals surface area (Å²) >= 11 is 6.06. The summed E-state index contributed by atoms with van der Waals surface area (Å²) in [6.45, 7) is 4.07. The molecule has 0 atom stereocenters. The van der Waals surface area contributed by atoms with Gasteiger partial charge in [0.1, 0.15) is 10.6 Å². The Balaban J connectivity index is 1.78.